The summed E-state index contributed by atoms with van der Waals surface area (Å²) in [5, 5.41) is 22.1. The third kappa shape index (κ3) is 3.82. The van der Waals surface area contributed by atoms with Crippen molar-refractivity contribution in [3.05, 3.63) is 63.7 Å². The van der Waals surface area contributed by atoms with E-state index in [4.69, 9.17) is 14.7 Å². The lowest BCUT2D eigenvalue weighted by Gasteiger charge is -2.09. The lowest BCUT2D eigenvalue weighted by molar-refractivity contribution is -0.384. The molecular formula is C15H12N2O6. The molecule has 0 fully saturated rings. The summed E-state index contributed by atoms with van der Waals surface area (Å²) in [7, 11) is 1.39. The van der Waals surface area contributed by atoms with Gasteiger partial charge in [-0.1, -0.05) is 11.2 Å². The third-order valence-corrected chi connectivity index (χ3v) is 2.89. The summed E-state index contributed by atoms with van der Waals surface area (Å²) in [6.07, 6.45) is 1.19. The minimum absolute atomic E-state index is 0.0438. The Balaban J connectivity index is 2.26. The second kappa shape index (κ2) is 7.03. The molecule has 2 aromatic rings. The summed E-state index contributed by atoms with van der Waals surface area (Å²) < 4.78 is 10.3. The second-order valence-electron chi connectivity index (χ2n) is 4.35. The van der Waals surface area contributed by atoms with Gasteiger partial charge in [0.15, 0.2) is 11.5 Å². The highest BCUT2D eigenvalue weighted by Crippen LogP contribution is 2.28. The topological polar surface area (TPSA) is 111 Å². The zero-order valence-corrected chi connectivity index (χ0v) is 12.0. The summed E-state index contributed by atoms with van der Waals surface area (Å²) in [6.45, 7) is 0. The van der Waals surface area contributed by atoms with E-state index in [1.807, 2.05) is 0 Å². The van der Waals surface area contributed by atoms with Gasteiger partial charge >= 0.3 is 5.97 Å². The van der Waals surface area contributed by atoms with E-state index in [2.05, 4.69) is 5.16 Å². The van der Waals surface area contributed by atoms with Gasteiger partial charge in [0.05, 0.1) is 23.8 Å². The number of carbonyl (C=O) groups is 1. The van der Waals surface area contributed by atoms with E-state index in [-0.39, 0.29) is 22.7 Å². The van der Waals surface area contributed by atoms with E-state index in [1.54, 1.807) is 6.07 Å². The highest BCUT2D eigenvalue weighted by atomic mass is 16.6. The smallest absolute Gasteiger partial charge is 0.343 e. The molecule has 0 spiro atoms. The highest BCUT2D eigenvalue weighted by Gasteiger charge is 2.15. The van der Waals surface area contributed by atoms with Gasteiger partial charge in [-0.05, 0) is 24.3 Å². The quantitative estimate of drug-likeness (QED) is 0.227. The zero-order valence-electron chi connectivity index (χ0n) is 12.0. The maximum absolute atomic E-state index is 12.1. The van der Waals surface area contributed by atoms with Gasteiger partial charge in [-0.2, -0.15) is 0 Å². The molecule has 0 saturated carbocycles. The molecule has 23 heavy (non-hydrogen) atoms. The van der Waals surface area contributed by atoms with E-state index < -0.39 is 10.9 Å². The second-order valence-corrected chi connectivity index (χ2v) is 4.35. The summed E-state index contributed by atoms with van der Waals surface area (Å²) in [5.74, 6) is -0.365. The summed E-state index contributed by atoms with van der Waals surface area (Å²) in [5.41, 5.74) is 0.377. The van der Waals surface area contributed by atoms with Gasteiger partial charge in [-0.15, -0.1) is 0 Å². The molecule has 8 nitrogen and oxygen atoms in total. The van der Waals surface area contributed by atoms with Crippen LogP contribution in [0.2, 0.25) is 0 Å². The average Bonchev–Trinajstić information content (AvgIpc) is 2.56. The van der Waals surface area contributed by atoms with Crippen LogP contribution < -0.4 is 9.47 Å². The fourth-order valence-corrected chi connectivity index (χ4v) is 1.82. The van der Waals surface area contributed by atoms with Crippen LogP contribution in [0.4, 0.5) is 5.69 Å². The van der Waals surface area contributed by atoms with Crippen LogP contribution in [0.25, 0.3) is 0 Å². The molecule has 2 aromatic carbocycles. The van der Waals surface area contributed by atoms with E-state index in [0.717, 1.165) is 6.07 Å². The fourth-order valence-electron chi connectivity index (χ4n) is 1.82. The number of nitrogens with zero attached hydrogens (tertiary/aromatic N) is 2. The van der Waals surface area contributed by atoms with Crippen LogP contribution in [0, 0.1) is 10.1 Å². The molecule has 0 aliphatic carbocycles. The molecule has 8 heteroatoms. The van der Waals surface area contributed by atoms with Gasteiger partial charge < -0.3 is 14.7 Å². The number of methoxy groups -OCH3 is 1. The Morgan fingerprint density at radius 3 is 2.70 bits per heavy atom. The van der Waals surface area contributed by atoms with Crippen LogP contribution in [-0.4, -0.2) is 29.4 Å². The highest BCUT2D eigenvalue weighted by molar-refractivity contribution is 5.92. The number of hydrogen-bond donors (Lipinski definition) is 1. The van der Waals surface area contributed by atoms with Crippen molar-refractivity contribution in [3.8, 4) is 11.5 Å². The predicted molar refractivity (Wildman–Crippen MR) is 80.4 cm³/mol. The lowest BCUT2D eigenvalue weighted by atomic mass is 10.2. The lowest BCUT2D eigenvalue weighted by Crippen LogP contribution is -2.09. The van der Waals surface area contributed by atoms with Gasteiger partial charge in [-0.3, -0.25) is 10.1 Å². The molecule has 0 atom stereocenters. The minimum atomic E-state index is -0.754. The molecule has 118 valence electrons. The van der Waals surface area contributed by atoms with Crippen molar-refractivity contribution in [2.75, 3.05) is 7.11 Å². The number of nitro groups is 1. The summed E-state index contributed by atoms with van der Waals surface area (Å²) in [6, 6.07) is 9.74. The Kier molecular flexibility index (Phi) is 4.88. The predicted octanol–water partition coefficient (Wildman–Crippen LogP) is 2.63. The first kappa shape index (κ1) is 16.0. The normalized spacial score (nSPS) is 10.5. The fraction of sp³-hybridized carbons (Fsp3) is 0.0667. The molecule has 0 radical (unpaired) electrons. The number of rotatable bonds is 5. The average molecular weight is 316 g/mol. The molecule has 0 aliphatic rings. The van der Waals surface area contributed by atoms with E-state index >= 15 is 0 Å². The Labute approximate surface area is 130 Å². The standard InChI is InChI=1S/C15H12N2O6/c1-22-14-7-10(9-16-19)5-6-13(14)23-15(18)11-3-2-4-12(8-11)17(20)21/h2-9,19H,1H3. The summed E-state index contributed by atoms with van der Waals surface area (Å²) in [4.78, 5) is 22.2. The largest absolute Gasteiger partial charge is 0.493 e. The van der Waals surface area contributed by atoms with Gasteiger partial charge in [0.1, 0.15) is 0 Å². The summed E-state index contributed by atoms with van der Waals surface area (Å²) >= 11 is 0. The molecular weight excluding hydrogens is 304 g/mol. The number of esters is 1. The van der Waals surface area contributed by atoms with Crippen molar-refractivity contribution in [2.24, 2.45) is 5.16 Å². The number of non-ortho nitro benzene ring substituents is 1. The van der Waals surface area contributed by atoms with Crippen LogP contribution in [0.3, 0.4) is 0 Å². The maximum Gasteiger partial charge on any atom is 0.343 e. The first-order valence-corrected chi connectivity index (χ1v) is 6.37. The maximum atomic E-state index is 12.1. The number of nitro benzene ring substituents is 1. The molecule has 0 heterocycles. The molecule has 2 rings (SSSR count). The Morgan fingerprint density at radius 2 is 2.04 bits per heavy atom. The van der Waals surface area contributed by atoms with Crippen molar-refractivity contribution in [1.82, 2.24) is 0 Å². The van der Waals surface area contributed by atoms with Crippen molar-refractivity contribution < 1.29 is 24.4 Å². The Bertz CT molecular complexity index is 772. The molecule has 0 saturated heterocycles. The van der Waals surface area contributed by atoms with Crippen LogP contribution >= 0.6 is 0 Å². The van der Waals surface area contributed by atoms with Crippen LogP contribution in [-0.2, 0) is 0 Å². The first-order chi connectivity index (χ1) is 11.0. The van der Waals surface area contributed by atoms with Crippen LogP contribution in [0.5, 0.6) is 11.5 Å². The van der Waals surface area contributed by atoms with Crippen LogP contribution in [0.15, 0.2) is 47.6 Å². The van der Waals surface area contributed by atoms with E-state index in [9.17, 15) is 14.9 Å². The molecule has 0 aliphatic heterocycles. The van der Waals surface area contributed by atoms with Gasteiger partial charge in [0, 0.05) is 17.7 Å². The van der Waals surface area contributed by atoms with Crippen molar-refractivity contribution in [2.45, 2.75) is 0 Å². The van der Waals surface area contributed by atoms with Gasteiger partial charge in [0.25, 0.3) is 5.69 Å². The molecule has 0 amide bonds. The number of ether oxygens (including phenoxy) is 2. The molecule has 0 unspecified atom stereocenters. The first-order valence-electron chi connectivity index (χ1n) is 6.37. The Hall–Kier alpha value is -3.42. The van der Waals surface area contributed by atoms with Crippen molar-refractivity contribution >= 4 is 17.9 Å². The third-order valence-electron chi connectivity index (χ3n) is 2.89. The van der Waals surface area contributed by atoms with Crippen LogP contribution in [0.1, 0.15) is 15.9 Å². The number of hydrogen-bond acceptors (Lipinski definition) is 7. The van der Waals surface area contributed by atoms with E-state index in [0.29, 0.717) is 5.56 Å². The monoisotopic (exact) mass is 316 g/mol. The number of benzene rings is 2. The SMILES string of the molecule is COc1cc(C=NO)ccc1OC(=O)c1cccc([N+](=O)[O-])c1. The Morgan fingerprint density at radius 1 is 1.26 bits per heavy atom. The van der Waals surface area contributed by atoms with Crippen molar-refractivity contribution in [1.29, 1.82) is 0 Å². The molecule has 0 bridgehead atoms. The minimum Gasteiger partial charge on any atom is -0.493 e. The van der Waals surface area contributed by atoms with Gasteiger partial charge in [-0.25, -0.2) is 4.79 Å². The molecule has 0 aromatic heterocycles. The zero-order chi connectivity index (χ0) is 16.8. The number of oxime groups is 1. The van der Waals surface area contributed by atoms with Crippen molar-refractivity contribution in [3.63, 3.8) is 0 Å². The van der Waals surface area contributed by atoms with Gasteiger partial charge in [0.2, 0.25) is 0 Å². The number of carbonyl (C=O) groups excluding carboxylic acids is 1. The van der Waals surface area contributed by atoms with E-state index in [1.165, 1.54) is 43.7 Å². The molecule has 1 N–H and O–H groups in total.